The smallest absolute Gasteiger partial charge is 0.331 e. The zero-order valence-corrected chi connectivity index (χ0v) is 16.3. The van der Waals surface area contributed by atoms with Gasteiger partial charge in [0, 0.05) is 12.5 Å². The van der Waals surface area contributed by atoms with Gasteiger partial charge < -0.3 is 9.47 Å². The van der Waals surface area contributed by atoms with Crippen molar-refractivity contribution < 1.29 is 19.1 Å². The number of carbonyl (C=O) groups is 2. The fourth-order valence-corrected chi connectivity index (χ4v) is 3.06. The minimum absolute atomic E-state index is 0.0168. The zero-order chi connectivity index (χ0) is 18.8. The van der Waals surface area contributed by atoms with Gasteiger partial charge in [0.25, 0.3) is 0 Å². The van der Waals surface area contributed by atoms with E-state index in [-0.39, 0.29) is 30.1 Å². The average molecular weight is 350 g/mol. The van der Waals surface area contributed by atoms with Crippen molar-refractivity contribution in [2.24, 2.45) is 11.8 Å². The highest BCUT2D eigenvalue weighted by molar-refractivity contribution is 5.82. The summed E-state index contributed by atoms with van der Waals surface area (Å²) in [6.45, 7) is 11.9. The first-order valence-corrected chi connectivity index (χ1v) is 9.53. The third-order valence-electron chi connectivity index (χ3n) is 4.70. The highest BCUT2D eigenvalue weighted by Crippen LogP contribution is 2.24. The minimum Gasteiger partial charge on any atom is -0.462 e. The standard InChI is InChI=1S/C21H34O4/c1-15(2)13-14-21(23)25-19-11-8-12-20(22)24-18(16(3)4)10-7-6-9-17(19)5/h13-14,16-19H,1,6-12H2,2-5H3/b14-13+/t17-,18+,19-/m0/s1. The Balaban J connectivity index is 2.66. The molecular formula is C21H34O4. The van der Waals surface area contributed by atoms with E-state index in [2.05, 4.69) is 27.4 Å². The molecule has 4 nitrogen and oxygen atoms in total. The van der Waals surface area contributed by atoms with Gasteiger partial charge in [0.15, 0.2) is 0 Å². The van der Waals surface area contributed by atoms with E-state index in [0.717, 1.165) is 31.3 Å². The van der Waals surface area contributed by atoms with Gasteiger partial charge in [-0.1, -0.05) is 45.4 Å². The molecule has 0 aliphatic carbocycles. The predicted octanol–water partition coefficient (Wildman–Crippen LogP) is 4.98. The van der Waals surface area contributed by atoms with Crippen LogP contribution in [0.15, 0.2) is 24.3 Å². The summed E-state index contributed by atoms with van der Waals surface area (Å²) in [5.74, 6) is 0.154. The molecule has 3 atom stereocenters. The first-order chi connectivity index (χ1) is 11.8. The molecule has 1 aliphatic heterocycles. The Morgan fingerprint density at radius 3 is 2.52 bits per heavy atom. The number of esters is 2. The van der Waals surface area contributed by atoms with Crippen molar-refractivity contribution in [2.75, 3.05) is 0 Å². The number of hydrogen-bond donors (Lipinski definition) is 0. The predicted molar refractivity (Wildman–Crippen MR) is 100 cm³/mol. The summed E-state index contributed by atoms with van der Waals surface area (Å²) in [7, 11) is 0. The van der Waals surface area contributed by atoms with Gasteiger partial charge in [-0.25, -0.2) is 4.79 Å². The normalized spacial score (nSPS) is 26.6. The van der Waals surface area contributed by atoms with E-state index in [4.69, 9.17) is 9.47 Å². The Bertz CT molecular complexity index is 478. The molecule has 1 aliphatic rings. The lowest BCUT2D eigenvalue weighted by atomic mass is 9.92. The molecule has 1 rings (SSSR count). The minimum atomic E-state index is -0.339. The Morgan fingerprint density at radius 1 is 1.20 bits per heavy atom. The van der Waals surface area contributed by atoms with Gasteiger partial charge in [-0.15, -0.1) is 0 Å². The topological polar surface area (TPSA) is 52.6 Å². The monoisotopic (exact) mass is 350 g/mol. The lowest BCUT2D eigenvalue weighted by Crippen LogP contribution is -2.27. The highest BCUT2D eigenvalue weighted by atomic mass is 16.5. The van der Waals surface area contributed by atoms with Gasteiger partial charge in [-0.05, 0) is 50.9 Å². The molecule has 1 saturated heterocycles. The molecule has 0 N–H and O–H groups in total. The van der Waals surface area contributed by atoms with E-state index >= 15 is 0 Å². The number of rotatable bonds is 4. The van der Waals surface area contributed by atoms with E-state index in [0.29, 0.717) is 25.2 Å². The van der Waals surface area contributed by atoms with Crippen molar-refractivity contribution in [3.05, 3.63) is 24.3 Å². The van der Waals surface area contributed by atoms with Crippen molar-refractivity contribution in [2.45, 2.75) is 84.8 Å². The van der Waals surface area contributed by atoms with Gasteiger partial charge in [0.1, 0.15) is 12.2 Å². The summed E-state index contributed by atoms with van der Waals surface area (Å²) in [6, 6.07) is 0. The number of cyclic esters (lactones) is 1. The second-order valence-electron chi connectivity index (χ2n) is 7.58. The summed E-state index contributed by atoms with van der Waals surface area (Å²) in [5.41, 5.74) is 0.811. The van der Waals surface area contributed by atoms with E-state index in [1.54, 1.807) is 6.08 Å². The summed E-state index contributed by atoms with van der Waals surface area (Å²) in [4.78, 5) is 24.0. The number of hydrogen-bond acceptors (Lipinski definition) is 4. The summed E-state index contributed by atoms with van der Waals surface area (Å²) < 4.78 is 11.3. The van der Waals surface area contributed by atoms with Gasteiger partial charge in [-0.2, -0.15) is 0 Å². The quantitative estimate of drug-likeness (QED) is 0.408. The largest absolute Gasteiger partial charge is 0.462 e. The van der Waals surface area contributed by atoms with Crippen molar-refractivity contribution in [3.63, 3.8) is 0 Å². The van der Waals surface area contributed by atoms with Crippen LogP contribution in [0.4, 0.5) is 0 Å². The molecule has 25 heavy (non-hydrogen) atoms. The van der Waals surface area contributed by atoms with Crippen molar-refractivity contribution in [3.8, 4) is 0 Å². The second kappa shape index (κ2) is 11.1. The molecule has 0 spiro atoms. The van der Waals surface area contributed by atoms with Crippen LogP contribution >= 0.6 is 0 Å². The molecule has 0 unspecified atom stereocenters. The van der Waals surface area contributed by atoms with Gasteiger partial charge >= 0.3 is 11.9 Å². The lowest BCUT2D eigenvalue weighted by Gasteiger charge is -2.26. The summed E-state index contributed by atoms with van der Waals surface area (Å²) in [6.07, 6.45) is 8.69. The Hall–Kier alpha value is -1.58. The average Bonchev–Trinajstić information content (AvgIpc) is 2.53. The molecule has 1 heterocycles. The zero-order valence-electron chi connectivity index (χ0n) is 16.3. The second-order valence-corrected chi connectivity index (χ2v) is 7.58. The molecule has 1 fully saturated rings. The molecule has 0 radical (unpaired) electrons. The molecule has 142 valence electrons. The summed E-state index contributed by atoms with van der Waals surface area (Å²) in [5, 5.41) is 0. The lowest BCUT2D eigenvalue weighted by molar-refractivity contribution is -0.152. The van der Waals surface area contributed by atoms with E-state index in [1.807, 2.05) is 6.92 Å². The molecule has 0 saturated carbocycles. The number of allylic oxidation sites excluding steroid dienone is 2. The third-order valence-corrected chi connectivity index (χ3v) is 4.70. The van der Waals surface area contributed by atoms with Crippen LogP contribution in [0.2, 0.25) is 0 Å². The van der Waals surface area contributed by atoms with Gasteiger partial charge in [0.2, 0.25) is 0 Å². The highest BCUT2D eigenvalue weighted by Gasteiger charge is 2.24. The maximum Gasteiger partial charge on any atom is 0.331 e. The Labute approximate surface area is 152 Å². The molecule has 0 amide bonds. The van der Waals surface area contributed by atoms with Crippen LogP contribution in [0.3, 0.4) is 0 Å². The fourth-order valence-electron chi connectivity index (χ4n) is 3.06. The van der Waals surface area contributed by atoms with Crippen LogP contribution in [-0.2, 0) is 19.1 Å². The van der Waals surface area contributed by atoms with E-state index in [9.17, 15) is 9.59 Å². The SMILES string of the molecule is C=C(C)/C=C/C(=O)O[C@H]1CCCC(=O)O[C@@H](C(C)C)CCCC[C@@H]1C. The van der Waals surface area contributed by atoms with Crippen LogP contribution in [0.1, 0.15) is 72.6 Å². The van der Waals surface area contributed by atoms with E-state index < -0.39 is 0 Å². The van der Waals surface area contributed by atoms with Gasteiger partial charge in [-0.3, -0.25) is 4.79 Å². The Morgan fingerprint density at radius 2 is 1.88 bits per heavy atom. The molecule has 0 aromatic rings. The maximum absolute atomic E-state index is 12.1. The van der Waals surface area contributed by atoms with Crippen LogP contribution in [0, 0.1) is 11.8 Å². The van der Waals surface area contributed by atoms with Crippen LogP contribution in [0.5, 0.6) is 0 Å². The molecule has 0 aromatic carbocycles. The van der Waals surface area contributed by atoms with Crippen molar-refractivity contribution in [1.82, 2.24) is 0 Å². The number of ether oxygens (including phenoxy) is 2. The van der Waals surface area contributed by atoms with Crippen LogP contribution < -0.4 is 0 Å². The third kappa shape index (κ3) is 8.89. The van der Waals surface area contributed by atoms with Crippen molar-refractivity contribution in [1.29, 1.82) is 0 Å². The molecule has 0 aromatic heterocycles. The maximum atomic E-state index is 12.1. The van der Waals surface area contributed by atoms with Crippen molar-refractivity contribution >= 4 is 11.9 Å². The van der Waals surface area contributed by atoms with E-state index in [1.165, 1.54) is 6.08 Å². The molecule has 4 heteroatoms. The Kier molecular flexibility index (Phi) is 9.54. The van der Waals surface area contributed by atoms with Crippen LogP contribution in [-0.4, -0.2) is 24.1 Å². The molecular weight excluding hydrogens is 316 g/mol. The summed E-state index contributed by atoms with van der Waals surface area (Å²) >= 11 is 0. The van der Waals surface area contributed by atoms with Crippen LogP contribution in [0.25, 0.3) is 0 Å². The first-order valence-electron chi connectivity index (χ1n) is 9.53. The first kappa shape index (κ1) is 21.5. The molecule has 0 bridgehead atoms. The van der Waals surface area contributed by atoms with Gasteiger partial charge in [0.05, 0.1) is 0 Å². The fraction of sp³-hybridized carbons (Fsp3) is 0.714. The number of carbonyl (C=O) groups excluding carboxylic acids is 2.